The number of anilines is 1. The van der Waals surface area contributed by atoms with Crippen LogP contribution >= 0.6 is 11.3 Å². The van der Waals surface area contributed by atoms with E-state index < -0.39 is 30.0 Å². The summed E-state index contributed by atoms with van der Waals surface area (Å²) in [6.45, 7) is 0.716. The highest BCUT2D eigenvalue weighted by molar-refractivity contribution is 7.20. The number of nitrogens with two attached hydrogens (primary N) is 3. The van der Waals surface area contributed by atoms with Crippen LogP contribution < -0.4 is 22.5 Å². The van der Waals surface area contributed by atoms with E-state index in [2.05, 4.69) is 5.32 Å². The highest BCUT2D eigenvalue weighted by Crippen LogP contribution is 2.36. The number of thiophene rings is 1. The molecular formula is C19H21N5O5S. The summed E-state index contributed by atoms with van der Waals surface area (Å²) in [5.74, 6) is -1.25. The van der Waals surface area contributed by atoms with Gasteiger partial charge in [-0.1, -0.05) is 12.1 Å². The fourth-order valence-corrected chi connectivity index (χ4v) is 4.21. The third-order valence-corrected chi connectivity index (χ3v) is 5.68. The molecule has 0 spiro atoms. The fraction of sp³-hybridized carbons (Fsp3) is 0.263. The largest absolute Gasteiger partial charge is 0.457 e. The molecule has 158 valence electrons. The lowest BCUT2D eigenvalue weighted by atomic mass is 10.1. The summed E-state index contributed by atoms with van der Waals surface area (Å²) in [6, 6.07) is 6.71. The molecule has 30 heavy (non-hydrogen) atoms. The van der Waals surface area contributed by atoms with Crippen LogP contribution in [0.15, 0.2) is 30.3 Å². The molecule has 2 aromatic rings. The first kappa shape index (κ1) is 21.1. The number of hydrogen-bond acceptors (Lipinski definition) is 6. The number of likely N-dealkylation sites (tertiary alicyclic amines) is 1. The number of nitrogens with zero attached hydrogens (tertiary/aromatic N) is 1. The zero-order chi connectivity index (χ0) is 21.8. The smallest absolute Gasteiger partial charge is 0.341 e. The van der Waals surface area contributed by atoms with Crippen LogP contribution in [-0.2, 0) is 4.74 Å². The van der Waals surface area contributed by atoms with Gasteiger partial charge in [0.2, 0.25) is 5.91 Å². The maximum atomic E-state index is 12.8. The molecule has 2 heterocycles. The van der Waals surface area contributed by atoms with Crippen molar-refractivity contribution in [1.82, 2.24) is 4.90 Å². The van der Waals surface area contributed by atoms with Crippen LogP contribution in [0.2, 0.25) is 0 Å². The number of rotatable bonds is 5. The molecule has 5 amide bonds. The molecule has 1 fully saturated rings. The topological polar surface area (TPSA) is 171 Å². The van der Waals surface area contributed by atoms with E-state index in [0.717, 1.165) is 11.3 Å². The number of primary amides is 3. The predicted molar refractivity (Wildman–Crippen MR) is 111 cm³/mol. The van der Waals surface area contributed by atoms with Crippen LogP contribution in [0.4, 0.5) is 14.6 Å². The van der Waals surface area contributed by atoms with Crippen LogP contribution in [0.5, 0.6) is 0 Å². The Morgan fingerprint density at radius 2 is 1.90 bits per heavy atom. The van der Waals surface area contributed by atoms with E-state index >= 15 is 0 Å². The summed E-state index contributed by atoms with van der Waals surface area (Å²) in [7, 11) is 0. The first-order valence-corrected chi connectivity index (χ1v) is 9.92. The molecule has 1 aromatic carbocycles. The lowest BCUT2D eigenvalue weighted by Crippen LogP contribution is -2.46. The lowest BCUT2D eigenvalue weighted by molar-refractivity contribution is 0.0129. The number of esters is 1. The number of nitrogens with one attached hydrogen (secondary N) is 1. The van der Waals surface area contributed by atoms with E-state index in [1.54, 1.807) is 30.3 Å². The minimum absolute atomic E-state index is 0.120. The zero-order valence-corrected chi connectivity index (χ0v) is 16.7. The van der Waals surface area contributed by atoms with E-state index in [1.165, 1.54) is 4.90 Å². The monoisotopic (exact) mass is 431 g/mol. The molecule has 0 saturated carbocycles. The molecule has 1 saturated heterocycles. The predicted octanol–water partition coefficient (Wildman–Crippen LogP) is 1.70. The highest BCUT2D eigenvalue weighted by Gasteiger charge is 2.27. The Balaban J connectivity index is 1.86. The summed E-state index contributed by atoms with van der Waals surface area (Å²) in [4.78, 5) is 49.0. The van der Waals surface area contributed by atoms with Crippen molar-refractivity contribution in [3.63, 3.8) is 0 Å². The average molecular weight is 431 g/mol. The zero-order valence-electron chi connectivity index (χ0n) is 15.9. The van der Waals surface area contributed by atoms with Crippen molar-refractivity contribution in [3.8, 4) is 10.4 Å². The number of benzene rings is 1. The van der Waals surface area contributed by atoms with E-state index in [0.29, 0.717) is 35.4 Å². The second-order valence-corrected chi connectivity index (χ2v) is 7.79. The number of ether oxygens (including phenoxy) is 1. The van der Waals surface area contributed by atoms with Crippen LogP contribution in [0.25, 0.3) is 10.4 Å². The first-order valence-electron chi connectivity index (χ1n) is 9.10. The first-order chi connectivity index (χ1) is 14.2. The number of urea groups is 2. The van der Waals surface area contributed by atoms with Gasteiger partial charge in [0.1, 0.15) is 11.1 Å². The molecule has 10 nitrogen and oxygen atoms in total. The highest BCUT2D eigenvalue weighted by atomic mass is 32.1. The quantitative estimate of drug-likeness (QED) is 0.527. The molecule has 7 N–H and O–H groups in total. The summed E-state index contributed by atoms with van der Waals surface area (Å²) < 4.78 is 5.54. The number of amides is 5. The molecule has 1 aliphatic heterocycles. The Kier molecular flexibility index (Phi) is 6.21. The molecule has 11 heteroatoms. The van der Waals surface area contributed by atoms with Gasteiger partial charge in [-0.2, -0.15) is 0 Å². The molecular weight excluding hydrogens is 410 g/mol. The van der Waals surface area contributed by atoms with Gasteiger partial charge in [0.25, 0.3) is 0 Å². The van der Waals surface area contributed by atoms with E-state index in [-0.39, 0.29) is 17.1 Å². The van der Waals surface area contributed by atoms with Gasteiger partial charge in [-0.25, -0.2) is 14.4 Å². The standard InChI is InChI=1S/C19H21N5O5S/c20-15(25)11-4-1-3-10(7-11)14-8-13(16(30-14)23-18(21)27)17(26)29-12-5-2-6-24(9-12)19(22)28/h1,3-4,7-8,12H,2,5-6,9H2,(H2,20,25)(H2,22,28)(H3,21,23,27). The Morgan fingerprint density at radius 1 is 1.13 bits per heavy atom. The van der Waals surface area contributed by atoms with E-state index in [4.69, 9.17) is 21.9 Å². The van der Waals surface area contributed by atoms with Crippen molar-refractivity contribution < 1.29 is 23.9 Å². The fourth-order valence-electron chi connectivity index (χ4n) is 3.16. The van der Waals surface area contributed by atoms with Crippen LogP contribution in [-0.4, -0.2) is 48.0 Å². The maximum Gasteiger partial charge on any atom is 0.341 e. The number of carbonyl (C=O) groups is 4. The summed E-state index contributed by atoms with van der Waals surface area (Å²) >= 11 is 1.11. The van der Waals surface area contributed by atoms with Gasteiger partial charge in [-0.15, -0.1) is 11.3 Å². The third kappa shape index (κ3) is 4.87. The van der Waals surface area contributed by atoms with Gasteiger partial charge in [0, 0.05) is 17.0 Å². The van der Waals surface area contributed by atoms with E-state index in [1.807, 2.05) is 0 Å². The van der Waals surface area contributed by atoms with Crippen molar-refractivity contribution in [3.05, 3.63) is 41.5 Å². The minimum atomic E-state index is -0.832. The Bertz CT molecular complexity index is 1000. The summed E-state index contributed by atoms with van der Waals surface area (Å²) in [5.41, 5.74) is 16.9. The molecule has 3 rings (SSSR count). The van der Waals surface area contributed by atoms with Crippen molar-refractivity contribution in [2.24, 2.45) is 17.2 Å². The van der Waals surface area contributed by atoms with Crippen molar-refractivity contribution in [1.29, 1.82) is 0 Å². The second-order valence-electron chi connectivity index (χ2n) is 6.74. The number of hydrogen-bond donors (Lipinski definition) is 4. The van der Waals surface area contributed by atoms with Gasteiger partial charge in [0.05, 0.1) is 12.1 Å². The third-order valence-electron chi connectivity index (χ3n) is 4.58. The lowest BCUT2D eigenvalue weighted by Gasteiger charge is -2.31. The van der Waals surface area contributed by atoms with Crippen LogP contribution in [0.3, 0.4) is 0 Å². The average Bonchev–Trinajstić information content (AvgIpc) is 3.11. The van der Waals surface area contributed by atoms with Crippen LogP contribution in [0, 0.1) is 0 Å². The van der Waals surface area contributed by atoms with Crippen molar-refractivity contribution >= 4 is 40.3 Å². The normalized spacial score (nSPS) is 16.0. The maximum absolute atomic E-state index is 12.8. The number of piperidine rings is 1. The van der Waals surface area contributed by atoms with E-state index in [9.17, 15) is 19.2 Å². The van der Waals surface area contributed by atoms with Crippen molar-refractivity contribution in [2.45, 2.75) is 18.9 Å². The van der Waals surface area contributed by atoms with Gasteiger partial charge >= 0.3 is 18.0 Å². The summed E-state index contributed by atoms with van der Waals surface area (Å²) in [6.07, 6.45) is 0.732. The van der Waals surface area contributed by atoms with Crippen LogP contribution in [0.1, 0.15) is 33.6 Å². The molecule has 1 aromatic heterocycles. The summed E-state index contributed by atoms with van der Waals surface area (Å²) in [5, 5.41) is 2.64. The Labute approximate surface area is 175 Å². The Morgan fingerprint density at radius 3 is 2.57 bits per heavy atom. The molecule has 1 atom stereocenters. The molecule has 0 bridgehead atoms. The van der Waals surface area contributed by atoms with Gasteiger partial charge in [-0.05, 0) is 36.6 Å². The second kappa shape index (κ2) is 8.82. The van der Waals surface area contributed by atoms with Gasteiger partial charge < -0.3 is 26.8 Å². The minimum Gasteiger partial charge on any atom is -0.457 e. The van der Waals surface area contributed by atoms with Gasteiger partial charge in [-0.3, -0.25) is 10.1 Å². The molecule has 0 radical (unpaired) electrons. The SMILES string of the molecule is NC(=O)Nc1sc(-c2cccc(C(N)=O)c2)cc1C(=O)OC1CCCN(C(N)=O)C1. The molecule has 1 unspecified atom stereocenters. The Hall–Kier alpha value is -3.60. The molecule has 1 aliphatic rings. The number of carbonyl (C=O) groups excluding carboxylic acids is 4. The van der Waals surface area contributed by atoms with Crippen molar-refractivity contribution in [2.75, 3.05) is 18.4 Å². The van der Waals surface area contributed by atoms with Gasteiger partial charge in [0.15, 0.2) is 0 Å². The molecule has 0 aliphatic carbocycles.